The average Bonchev–Trinajstić information content (AvgIpc) is 2.29. The zero-order chi connectivity index (χ0) is 11.5. The topological polar surface area (TPSA) is 25.8 Å². The van der Waals surface area contributed by atoms with Crippen molar-refractivity contribution in [2.75, 3.05) is 0 Å². The van der Waals surface area contributed by atoms with Gasteiger partial charge >= 0.3 is 0 Å². The number of aromatic nitrogens is 2. The highest BCUT2D eigenvalue weighted by Crippen LogP contribution is 2.21. The van der Waals surface area contributed by atoms with E-state index in [1.165, 1.54) is 0 Å². The molecule has 0 saturated heterocycles. The standard InChI is InChI=1S/C13H13ClN2/c1-9(2)11-8-12(14)16-13(15-11)10-6-4-3-5-7-10/h3-9H,1-2H3. The summed E-state index contributed by atoms with van der Waals surface area (Å²) in [5, 5.41) is 0.498. The molecular weight excluding hydrogens is 220 g/mol. The summed E-state index contributed by atoms with van der Waals surface area (Å²) in [6.07, 6.45) is 0. The fourth-order valence-electron chi connectivity index (χ4n) is 1.45. The van der Waals surface area contributed by atoms with Crippen LogP contribution in [0.3, 0.4) is 0 Å². The first kappa shape index (κ1) is 11.1. The maximum atomic E-state index is 5.99. The number of halogens is 1. The molecule has 1 aromatic heterocycles. The van der Waals surface area contributed by atoms with Gasteiger partial charge in [-0.15, -0.1) is 0 Å². The van der Waals surface area contributed by atoms with Crippen LogP contribution in [0.2, 0.25) is 5.15 Å². The number of rotatable bonds is 2. The summed E-state index contributed by atoms with van der Waals surface area (Å²) >= 11 is 5.99. The van der Waals surface area contributed by atoms with Crippen LogP contribution >= 0.6 is 11.6 Å². The molecule has 0 N–H and O–H groups in total. The van der Waals surface area contributed by atoms with Crippen molar-refractivity contribution in [3.05, 3.63) is 47.2 Å². The molecule has 0 fully saturated rings. The van der Waals surface area contributed by atoms with Crippen molar-refractivity contribution < 1.29 is 0 Å². The fraction of sp³-hybridized carbons (Fsp3) is 0.231. The van der Waals surface area contributed by atoms with Crippen molar-refractivity contribution in [1.82, 2.24) is 9.97 Å². The van der Waals surface area contributed by atoms with Crippen molar-refractivity contribution in [1.29, 1.82) is 0 Å². The van der Waals surface area contributed by atoms with Crippen LogP contribution in [0.1, 0.15) is 25.5 Å². The quantitative estimate of drug-likeness (QED) is 0.734. The SMILES string of the molecule is CC(C)c1cc(Cl)nc(-c2ccccc2)n1. The van der Waals surface area contributed by atoms with E-state index >= 15 is 0 Å². The van der Waals surface area contributed by atoms with Crippen molar-refractivity contribution in [2.45, 2.75) is 19.8 Å². The van der Waals surface area contributed by atoms with Gasteiger partial charge < -0.3 is 0 Å². The minimum Gasteiger partial charge on any atom is -0.233 e. The summed E-state index contributed by atoms with van der Waals surface area (Å²) in [7, 11) is 0. The van der Waals surface area contributed by atoms with Crippen LogP contribution in [-0.4, -0.2) is 9.97 Å². The van der Waals surface area contributed by atoms with E-state index in [0.29, 0.717) is 16.9 Å². The second-order valence-electron chi connectivity index (χ2n) is 3.96. The summed E-state index contributed by atoms with van der Waals surface area (Å²) < 4.78 is 0. The van der Waals surface area contributed by atoms with E-state index in [0.717, 1.165) is 11.3 Å². The highest BCUT2D eigenvalue weighted by molar-refractivity contribution is 6.29. The molecule has 0 aliphatic rings. The zero-order valence-corrected chi connectivity index (χ0v) is 10.1. The molecule has 2 rings (SSSR count). The molecule has 16 heavy (non-hydrogen) atoms. The largest absolute Gasteiger partial charge is 0.233 e. The molecule has 0 saturated carbocycles. The molecule has 2 aromatic rings. The summed E-state index contributed by atoms with van der Waals surface area (Å²) in [6.45, 7) is 4.18. The minimum atomic E-state index is 0.350. The van der Waals surface area contributed by atoms with Gasteiger partial charge in [-0.2, -0.15) is 0 Å². The minimum absolute atomic E-state index is 0.350. The molecule has 82 valence electrons. The van der Waals surface area contributed by atoms with Gasteiger partial charge in [-0.3, -0.25) is 0 Å². The van der Waals surface area contributed by atoms with Gasteiger partial charge in [-0.1, -0.05) is 55.8 Å². The molecule has 0 amide bonds. The summed E-state index contributed by atoms with van der Waals surface area (Å²) in [6, 6.07) is 11.7. The second kappa shape index (κ2) is 4.62. The normalized spacial score (nSPS) is 10.8. The van der Waals surface area contributed by atoms with Crippen molar-refractivity contribution in [3.63, 3.8) is 0 Å². The third kappa shape index (κ3) is 2.39. The van der Waals surface area contributed by atoms with Crippen molar-refractivity contribution in [3.8, 4) is 11.4 Å². The third-order valence-electron chi connectivity index (χ3n) is 2.34. The lowest BCUT2D eigenvalue weighted by molar-refractivity contribution is 0.817. The monoisotopic (exact) mass is 232 g/mol. The van der Waals surface area contributed by atoms with Crippen LogP contribution in [0, 0.1) is 0 Å². The first-order valence-electron chi connectivity index (χ1n) is 5.26. The molecule has 0 aliphatic heterocycles. The summed E-state index contributed by atoms with van der Waals surface area (Å²) in [5.74, 6) is 1.04. The Hall–Kier alpha value is -1.41. The Kier molecular flexibility index (Phi) is 3.20. The van der Waals surface area contributed by atoms with Gasteiger partial charge in [0.1, 0.15) is 5.15 Å². The predicted octanol–water partition coefficient (Wildman–Crippen LogP) is 3.92. The molecule has 3 heteroatoms. The first-order valence-corrected chi connectivity index (χ1v) is 5.64. The molecule has 0 unspecified atom stereocenters. The zero-order valence-electron chi connectivity index (χ0n) is 9.31. The third-order valence-corrected chi connectivity index (χ3v) is 2.53. The van der Waals surface area contributed by atoms with Gasteiger partial charge in [0.2, 0.25) is 0 Å². The van der Waals surface area contributed by atoms with E-state index in [9.17, 15) is 0 Å². The van der Waals surface area contributed by atoms with E-state index in [2.05, 4.69) is 23.8 Å². The second-order valence-corrected chi connectivity index (χ2v) is 4.35. The van der Waals surface area contributed by atoms with E-state index < -0.39 is 0 Å². The Morgan fingerprint density at radius 2 is 1.75 bits per heavy atom. The lowest BCUT2D eigenvalue weighted by atomic mass is 10.1. The Morgan fingerprint density at radius 3 is 2.38 bits per heavy atom. The van der Waals surface area contributed by atoms with Gasteiger partial charge in [0.15, 0.2) is 5.82 Å². The number of nitrogens with zero attached hydrogens (tertiary/aromatic N) is 2. The van der Waals surface area contributed by atoms with Crippen molar-refractivity contribution in [2.24, 2.45) is 0 Å². The molecule has 1 heterocycles. The Morgan fingerprint density at radius 1 is 1.06 bits per heavy atom. The highest BCUT2D eigenvalue weighted by atomic mass is 35.5. The summed E-state index contributed by atoms with van der Waals surface area (Å²) in [5.41, 5.74) is 1.96. The van der Waals surface area contributed by atoms with E-state index in [1.807, 2.05) is 36.4 Å². The Balaban J connectivity index is 2.50. The number of hydrogen-bond acceptors (Lipinski definition) is 2. The van der Waals surface area contributed by atoms with Crippen LogP contribution in [-0.2, 0) is 0 Å². The Bertz CT molecular complexity index is 481. The predicted molar refractivity (Wildman–Crippen MR) is 66.6 cm³/mol. The van der Waals surface area contributed by atoms with Crippen LogP contribution in [0.5, 0.6) is 0 Å². The fourth-order valence-corrected chi connectivity index (χ4v) is 1.64. The van der Waals surface area contributed by atoms with Crippen molar-refractivity contribution >= 4 is 11.6 Å². The van der Waals surface area contributed by atoms with Crippen LogP contribution in [0.25, 0.3) is 11.4 Å². The highest BCUT2D eigenvalue weighted by Gasteiger charge is 2.07. The number of hydrogen-bond donors (Lipinski definition) is 0. The van der Waals surface area contributed by atoms with Crippen LogP contribution < -0.4 is 0 Å². The lowest BCUT2D eigenvalue weighted by Gasteiger charge is -2.07. The van der Waals surface area contributed by atoms with Crippen LogP contribution in [0.4, 0.5) is 0 Å². The maximum absolute atomic E-state index is 5.99. The van der Waals surface area contributed by atoms with Gasteiger partial charge in [-0.05, 0) is 12.0 Å². The molecular formula is C13H13ClN2. The molecule has 2 nitrogen and oxygen atoms in total. The average molecular weight is 233 g/mol. The lowest BCUT2D eigenvalue weighted by Crippen LogP contribution is -1.97. The molecule has 0 radical (unpaired) electrons. The van der Waals surface area contributed by atoms with E-state index in [1.54, 1.807) is 0 Å². The Labute approximate surface area is 100 Å². The van der Waals surface area contributed by atoms with Crippen LogP contribution in [0.15, 0.2) is 36.4 Å². The number of benzene rings is 1. The van der Waals surface area contributed by atoms with Gasteiger partial charge in [0.25, 0.3) is 0 Å². The first-order chi connectivity index (χ1) is 7.66. The molecule has 0 atom stereocenters. The molecule has 0 bridgehead atoms. The van der Waals surface area contributed by atoms with E-state index in [4.69, 9.17) is 11.6 Å². The van der Waals surface area contributed by atoms with Gasteiger partial charge in [-0.25, -0.2) is 9.97 Å². The molecule has 1 aromatic carbocycles. The van der Waals surface area contributed by atoms with Gasteiger partial charge in [0, 0.05) is 11.3 Å². The molecule has 0 spiro atoms. The maximum Gasteiger partial charge on any atom is 0.161 e. The van der Waals surface area contributed by atoms with Gasteiger partial charge in [0.05, 0.1) is 0 Å². The summed E-state index contributed by atoms with van der Waals surface area (Å²) in [4.78, 5) is 8.75. The van der Waals surface area contributed by atoms with E-state index in [-0.39, 0.29) is 0 Å². The molecule has 0 aliphatic carbocycles. The smallest absolute Gasteiger partial charge is 0.161 e.